The second-order valence-electron chi connectivity index (χ2n) is 10.5. The fourth-order valence-electron chi connectivity index (χ4n) is 4.89. The second kappa shape index (κ2) is 24.4. The van der Waals surface area contributed by atoms with Gasteiger partial charge in [-0.25, -0.2) is 0 Å². The first kappa shape index (κ1) is 39.9. The van der Waals surface area contributed by atoms with E-state index in [2.05, 4.69) is 17.2 Å². The number of nitrogens with one attached hydrogen (secondary N) is 1. The molecule has 1 aromatic rings. The van der Waals surface area contributed by atoms with E-state index in [-0.39, 0.29) is 17.7 Å². The average molecular weight is 600 g/mol. The number of aromatic hydroxyl groups is 1. The van der Waals surface area contributed by atoms with Crippen LogP contribution in [0.15, 0.2) is 58.3 Å². The summed E-state index contributed by atoms with van der Waals surface area (Å²) < 4.78 is 5.73. The monoisotopic (exact) mass is 599 g/mol. The van der Waals surface area contributed by atoms with Crippen LogP contribution in [0.1, 0.15) is 93.9 Å². The lowest BCUT2D eigenvalue weighted by atomic mass is 9.91. The molecule has 0 bridgehead atoms. The molecule has 0 radical (unpaired) electrons. The number of aliphatic imine (C=N–C) groups is 1. The van der Waals surface area contributed by atoms with Gasteiger partial charge in [-0.1, -0.05) is 78.0 Å². The summed E-state index contributed by atoms with van der Waals surface area (Å²) in [6.07, 6.45) is 15.6. The van der Waals surface area contributed by atoms with Gasteiger partial charge in [-0.15, -0.1) is 0 Å². The summed E-state index contributed by atoms with van der Waals surface area (Å²) in [6, 6.07) is 4.74. The zero-order chi connectivity index (χ0) is 32.6. The average Bonchev–Trinajstić information content (AvgIpc) is 3.01. The van der Waals surface area contributed by atoms with Crippen molar-refractivity contribution in [3.8, 4) is 11.5 Å². The number of benzene rings is 1. The molecule has 43 heavy (non-hydrogen) atoms. The molecule has 1 atom stereocenters. The standard InChI is InChI=1S/C24H34N4O3.C7H14.C2H7N.C2H6/c1-5-8-18(6-2)17(4)23(27-7-3)24(30)28-13-12-26-16-20(28)11-14-31-22-10-9-19(25)15-21(22)29;1-7-5-3-2-4-6-7;1-2-3;1-2/h5-10,15,20,26,29H,11-14,16,25H2,1-4H3;7H,2-6H2,1H3;2-3H2,1H3;1-2H3/b8-5-,18-6+,23-17+,27-7?;;;. The van der Waals surface area contributed by atoms with E-state index in [1.165, 1.54) is 38.2 Å². The van der Waals surface area contributed by atoms with Crippen molar-refractivity contribution in [1.29, 1.82) is 0 Å². The Kier molecular flexibility index (Phi) is 22.6. The Morgan fingerprint density at radius 1 is 1.19 bits per heavy atom. The Balaban J connectivity index is 0.00000123. The Hall–Kier alpha value is -3.10. The Bertz CT molecular complexity index is 1030. The maximum Gasteiger partial charge on any atom is 0.273 e. The molecule has 1 aliphatic heterocycles. The molecule has 1 aromatic carbocycles. The van der Waals surface area contributed by atoms with Crippen LogP contribution in [0.25, 0.3) is 0 Å². The lowest BCUT2D eigenvalue weighted by Crippen LogP contribution is -2.54. The van der Waals surface area contributed by atoms with Crippen LogP contribution in [0.5, 0.6) is 11.5 Å². The molecule has 1 amide bonds. The first-order valence-electron chi connectivity index (χ1n) is 16.2. The summed E-state index contributed by atoms with van der Waals surface area (Å²) >= 11 is 0. The number of ether oxygens (including phenoxy) is 1. The zero-order valence-electron chi connectivity index (χ0n) is 28.3. The predicted octanol–water partition coefficient (Wildman–Crippen LogP) is 7.01. The van der Waals surface area contributed by atoms with Gasteiger partial charge in [-0.2, -0.15) is 0 Å². The van der Waals surface area contributed by atoms with Crippen LogP contribution in [-0.2, 0) is 4.79 Å². The van der Waals surface area contributed by atoms with Gasteiger partial charge < -0.3 is 31.5 Å². The maximum atomic E-state index is 13.5. The van der Waals surface area contributed by atoms with Gasteiger partial charge in [-0.3, -0.25) is 9.79 Å². The molecule has 6 N–H and O–H groups in total. The zero-order valence-corrected chi connectivity index (χ0v) is 28.3. The molecular weight excluding hydrogens is 538 g/mol. The summed E-state index contributed by atoms with van der Waals surface area (Å²) in [7, 11) is 0. The topological polar surface area (TPSA) is 126 Å². The van der Waals surface area contributed by atoms with Crippen LogP contribution >= 0.6 is 0 Å². The molecule has 1 unspecified atom stereocenters. The van der Waals surface area contributed by atoms with Crippen LogP contribution < -0.4 is 21.5 Å². The van der Waals surface area contributed by atoms with E-state index < -0.39 is 0 Å². The molecule has 3 rings (SSSR count). The van der Waals surface area contributed by atoms with Crippen molar-refractivity contribution < 1.29 is 14.6 Å². The fraction of sp³-hybridized carbons (Fsp3) is 0.600. The normalized spacial score (nSPS) is 18.0. The SMILES string of the molecule is CC.CC1CCCCC1.CC=N/C(C(=O)N1CCNCC1CCOc1ccc(N)cc1O)=C(C)/C(/C=C\C)=C/C.CCN. The molecule has 1 heterocycles. The number of nitrogen functional groups attached to an aromatic ring is 1. The third-order valence-corrected chi connectivity index (χ3v) is 7.10. The third kappa shape index (κ3) is 15.3. The molecule has 8 nitrogen and oxygen atoms in total. The molecule has 2 aliphatic rings. The van der Waals surface area contributed by atoms with Crippen LogP contribution in [0, 0.1) is 5.92 Å². The van der Waals surface area contributed by atoms with Gasteiger partial charge in [0, 0.05) is 50.1 Å². The first-order chi connectivity index (χ1) is 20.7. The minimum atomic E-state index is -0.0821. The molecular formula is C35H61N5O3. The number of carbonyl (C=O) groups excluding carboxylic acids is 1. The molecule has 1 saturated carbocycles. The summed E-state index contributed by atoms with van der Waals surface area (Å²) in [4.78, 5) is 19.8. The van der Waals surface area contributed by atoms with Crippen molar-refractivity contribution in [2.45, 2.75) is 100.0 Å². The molecule has 1 aliphatic carbocycles. The molecule has 0 aromatic heterocycles. The number of anilines is 1. The van der Waals surface area contributed by atoms with Crippen LogP contribution in [0.3, 0.4) is 0 Å². The van der Waals surface area contributed by atoms with Crippen LogP contribution in [0.2, 0.25) is 0 Å². The van der Waals surface area contributed by atoms with Crippen molar-refractivity contribution >= 4 is 17.8 Å². The van der Waals surface area contributed by atoms with E-state index >= 15 is 0 Å². The van der Waals surface area contributed by atoms with Crippen molar-refractivity contribution in [3.05, 3.63) is 53.3 Å². The highest BCUT2D eigenvalue weighted by molar-refractivity contribution is 5.96. The van der Waals surface area contributed by atoms with Crippen molar-refractivity contribution in [2.24, 2.45) is 16.6 Å². The fourth-order valence-corrected chi connectivity index (χ4v) is 4.89. The Morgan fingerprint density at radius 3 is 2.35 bits per heavy atom. The highest BCUT2D eigenvalue weighted by Gasteiger charge is 2.29. The summed E-state index contributed by atoms with van der Waals surface area (Å²) in [6.45, 7) is 19.0. The highest BCUT2D eigenvalue weighted by atomic mass is 16.5. The van der Waals surface area contributed by atoms with Gasteiger partial charge in [-0.05, 0) is 63.4 Å². The molecule has 0 spiro atoms. The maximum absolute atomic E-state index is 13.5. The van der Waals surface area contributed by atoms with E-state index in [0.717, 1.165) is 30.2 Å². The third-order valence-electron chi connectivity index (χ3n) is 7.10. The number of allylic oxidation sites excluding steroid dienone is 5. The summed E-state index contributed by atoms with van der Waals surface area (Å²) in [5.74, 6) is 1.35. The minimum absolute atomic E-state index is 0.00990. The number of phenols is 1. The molecule has 244 valence electrons. The summed E-state index contributed by atoms with van der Waals surface area (Å²) in [5, 5.41) is 13.3. The largest absolute Gasteiger partial charge is 0.504 e. The van der Waals surface area contributed by atoms with Crippen LogP contribution in [-0.4, -0.2) is 61.0 Å². The number of carbonyl (C=O) groups is 1. The number of amides is 1. The van der Waals surface area contributed by atoms with E-state index in [1.807, 2.05) is 71.6 Å². The quantitative estimate of drug-likeness (QED) is 0.110. The van der Waals surface area contributed by atoms with Crippen molar-refractivity contribution in [2.75, 3.05) is 38.5 Å². The number of rotatable bonds is 8. The van der Waals surface area contributed by atoms with Crippen LogP contribution in [0.4, 0.5) is 5.69 Å². The van der Waals surface area contributed by atoms with Gasteiger partial charge in [0.1, 0.15) is 5.70 Å². The highest BCUT2D eigenvalue weighted by Crippen LogP contribution is 2.28. The van der Waals surface area contributed by atoms with Crippen molar-refractivity contribution in [1.82, 2.24) is 10.2 Å². The van der Waals surface area contributed by atoms with E-state index in [4.69, 9.17) is 16.2 Å². The van der Waals surface area contributed by atoms with Gasteiger partial charge >= 0.3 is 0 Å². The van der Waals surface area contributed by atoms with Gasteiger partial charge in [0.05, 0.1) is 6.61 Å². The minimum Gasteiger partial charge on any atom is -0.504 e. The molecule has 2 fully saturated rings. The van der Waals surface area contributed by atoms with E-state index in [9.17, 15) is 9.90 Å². The molecule has 1 saturated heterocycles. The van der Waals surface area contributed by atoms with E-state index in [1.54, 1.807) is 18.3 Å². The summed E-state index contributed by atoms with van der Waals surface area (Å²) in [5.41, 5.74) is 13.3. The number of nitrogens with zero attached hydrogens (tertiary/aromatic N) is 2. The number of hydrogen-bond donors (Lipinski definition) is 4. The number of phenolic OH excluding ortho intramolecular Hbond substituents is 1. The smallest absolute Gasteiger partial charge is 0.273 e. The number of hydrogen-bond acceptors (Lipinski definition) is 7. The van der Waals surface area contributed by atoms with Gasteiger partial charge in [0.2, 0.25) is 0 Å². The molecule has 8 heteroatoms. The lowest BCUT2D eigenvalue weighted by Gasteiger charge is -2.36. The Labute approximate surface area is 262 Å². The number of piperazine rings is 1. The number of nitrogens with two attached hydrogens (primary N) is 2. The predicted molar refractivity (Wildman–Crippen MR) is 185 cm³/mol. The lowest BCUT2D eigenvalue weighted by molar-refractivity contribution is -0.130. The first-order valence-corrected chi connectivity index (χ1v) is 16.2. The van der Waals surface area contributed by atoms with E-state index in [0.29, 0.717) is 43.3 Å². The van der Waals surface area contributed by atoms with Gasteiger partial charge in [0.25, 0.3) is 5.91 Å². The van der Waals surface area contributed by atoms with Gasteiger partial charge in [0.15, 0.2) is 11.5 Å². The Morgan fingerprint density at radius 2 is 1.84 bits per heavy atom. The van der Waals surface area contributed by atoms with Crippen molar-refractivity contribution in [3.63, 3.8) is 0 Å². The second-order valence-corrected chi connectivity index (χ2v) is 10.5.